The molecule has 2 N–H and O–H groups in total. The van der Waals surface area contributed by atoms with Crippen molar-refractivity contribution in [3.8, 4) is 0 Å². The van der Waals surface area contributed by atoms with Crippen LogP contribution in [-0.4, -0.2) is 70.2 Å². The van der Waals surface area contributed by atoms with Gasteiger partial charge in [0, 0.05) is 0 Å². The van der Waals surface area contributed by atoms with E-state index in [-0.39, 0.29) is 31.6 Å². The molecule has 1 saturated carbocycles. The van der Waals surface area contributed by atoms with Gasteiger partial charge >= 0.3 is 12.1 Å². The van der Waals surface area contributed by atoms with Crippen molar-refractivity contribution < 1.29 is 29.0 Å². The van der Waals surface area contributed by atoms with E-state index in [9.17, 15) is 24.3 Å². The number of ether oxygens (including phenoxy) is 1. The maximum Gasteiger partial charge on any atom is 0.408 e. The molecule has 1 aromatic carbocycles. The second-order valence-electron chi connectivity index (χ2n) is 9.84. The summed E-state index contributed by atoms with van der Waals surface area (Å²) in [7, 11) is 0. The van der Waals surface area contributed by atoms with Crippen molar-refractivity contribution in [2.45, 2.75) is 71.1 Å². The predicted octanol–water partition coefficient (Wildman–Crippen LogP) is 2.39. The number of carboxylic acid groups (broad SMARTS) is 1. The smallest absolute Gasteiger partial charge is 0.408 e. The Morgan fingerprint density at radius 3 is 2.33 bits per heavy atom. The lowest BCUT2D eigenvalue weighted by Crippen LogP contribution is -2.57. The normalized spacial score (nSPS) is 19.9. The Morgan fingerprint density at radius 2 is 1.76 bits per heavy atom. The van der Waals surface area contributed by atoms with Crippen LogP contribution in [0.25, 0.3) is 0 Å². The number of hydrogen-bond acceptors (Lipinski definition) is 5. The number of rotatable bonds is 6. The van der Waals surface area contributed by atoms with Crippen LogP contribution in [0.15, 0.2) is 30.3 Å². The lowest BCUT2D eigenvalue weighted by atomic mass is 9.85. The Bertz CT molecular complexity index is 876. The number of carbonyl (C=O) groups is 4. The molecule has 1 heterocycles. The first-order valence-electron chi connectivity index (χ1n) is 11.4. The zero-order valence-corrected chi connectivity index (χ0v) is 19.5. The fourth-order valence-corrected chi connectivity index (χ4v) is 4.27. The van der Waals surface area contributed by atoms with Crippen molar-refractivity contribution in [1.82, 2.24) is 15.1 Å². The molecule has 0 aromatic heterocycles. The number of carboxylic acids is 1. The van der Waals surface area contributed by atoms with Gasteiger partial charge in [0.25, 0.3) is 0 Å². The van der Waals surface area contributed by atoms with Gasteiger partial charge in [0.05, 0.1) is 19.6 Å². The van der Waals surface area contributed by atoms with Crippen molar-refractivity contribution in [3.63, 3.8) is 0 Å². The largest absolute Gasteiger partial charge is 0.480 e. The van der Waals surface area contributed by atoms with Crippen LogP contribution in [-0.2, 0) is 25.5 Å². The minimum absolute atomic E-state index is 0.101. The number of nitrogens with zero attached hydrogens (tertiary/aromatic N) is 2. The van der Waals surface area contributed by atoms with E-state index in [1.54, 1.807) is 20.8 Å². The molecule has 1 aliphatic carbocycles. The number of aliphatic carboxylic acids is 1. The fourth-order valence-electron chi connectivity index (χ4n) is 4.27. The topological polar surface area (TPSA) is 116 Å². The first-order valence-corrected chi connectivity index (χ1v) is 11.4. The molecular weight excluding hydrogens is 426 g/mol. The molecule has 2 atom stereocenters. The average molecular weight is 460 g/mol. The second-order valence-corrected chi connectivity index (χ2v) is 9.84. The summed E-state index contributed by atoms with van der Waals surface area (Å²) in [5, 5.41) is 12.4. The van der Waals surface area contributed by atoms with Crippen molar-refractivity contribution in [2.24, 2.45) is 5.41 Å². The quantitative estimate of drug-likeness (QED) is 0.675. The summed E-state index contributed by atoms with van der Waals surface area (Å²) >= 11 is 0. The molecule has 0 radical (unpaired) electrons. The lowest BCUT2D eigenvalue weighted by molar-refractivity contribution is -0.149. The molecule has 33 heavy (non-hydrogen) atoms. The molecule has 1 aromatic rings. The third kappa shape index (κ3) is 6.24. The molecule has 0 bridgehead atoms. The summed E-state index contributed by atoms with van der Waals surface area (Å²) < 4.78 is 5.45. The Labute approximate surface area is 194 Å². The minimum atomic E-state index is -1.19. The van der Waals surface area contributed by atoms with Gasteiger partial charge in [0.15, 0.2) is 0 Å². The van der Waals surface area contributed by atoms with Crippen LogP contribution in [0.2, 0.25) is 0 Å². The molecule has 2 aliphatic rings. The molecule has 9 nitrogen and oxygen atoms in total. The van der Waals surface area contributed by atoms with E-state index in [1.807, 2.05) is 30.3 Å². The number of carbonyl (C=O) groups excluding carboxylic acids is 3. The first-order chi connectivity index (χ1) is 15.6. The maximum atomic E-state index is 13.5. The van der Waals surface area contributed by atoms with E-state index >= 15 is 0 Å². The molecule has 9 heteroatoms. The number of hydrogen-bond donors (Lipinski definition) is 2. The zero-order chi connectivity index (χ0) is 24.2. The van der Waals surface area contributed by atoms with Gasteiger partial charge in [-0.05, 0) is 36.7 Å². The molecule has 1 aliphatic heterocycles. The summed E-state index contributed by atoms with van der Waals surface area (Å²) in [6, 6.07) is 6.95. The second kappa shape index (κ2) is 10.2. The average Bonchev–Trinajstić information content (AvgIpc) is 3.41. The summed E-state index contributed by atoms with van der Waals surface area (Å²) in [6.45, 7) is 5.12. The third-order valence-corrected chi connectivity index (χ3v) is 6.16. The highest BCUT2D eigenvalue weighted by Gasteiger charge is 2.45. The van der Waals surface area contributed by atoms with Gasteiger partial charge in [-0.2, -0.15) is 0 Å². The summed E-state index contributed by atoms with van der Waals surface area (Å²) in [5.41, 5.74) is 0.110. The van der Waals surface area contributed by atoms with E-state index in [4.69, 9.17) is 4.74 Å². The van der Waals surface area contributed by atoms with Gasteiger partial charge in [-0.25, -0.2) is 9.59 Å². The Kier molecular flexibility index (Phi) is 7.61. The van der Waals surface area contributed by atoms with E-state index in [0.29, 0.717) is 0 Å². The highest BCUT2D eigenvalue weighted by molar-refractivity contribution is 5.91. The van der Waals surface area contributed by atoms with Crippen LogP contribution in [0.4, 0.5) is 4.79 Å². The highest BCUT2D eigenvalue weighted by atomic mass is 16.6. The van der Waals surface area contributed by atoms with Gasteiger partial charge in [-0.3, -0.25) is 9.59 Å². The summed E-state index contributed by atoms with van der Waals surface area (Å²) in [6.07, 6.45) is 2.87. The number of alkyl carbamates (subject to hydrolysis) is 1. The summed E-state index contributed by atoms with van der Waals surface area (Å²) in [5.74, 6) is -2.00. The Balaban J connectivity index is 1.72. The number of amides is 3. The van der Waals surface area contributed by atoms with Crippen molar-refractivity contribution >= 4 is 23.9 Å². The molecule has 2 fully saturated rings. The van der Waals surface area contributed by atoms with Gasteiger partial charge in [0.1, 0.15) is 18.2 Å². The standard InChI is InChI=1S/C24H33N3O6/c1-24(2,3)20(25-23(32)33-17-11-7-8-12-17)21(29)27-15-26(14-18(27)22(30)31)19(28)13-16-9-5-4-6-10-16/h4-6,9-10,17-18,20H,7-8,11-15H2,1-3H3,(H,25,32)(H,30,31)/t18-,20+/m0/s1. The zero-order valence-electron chi connectivity index (χ0n) is 19.5. The third-order valence-electron chi connectivity index (χ3n) is 6.16. The highest BCUT2D eigenvalue weighted by Crippen LogP contribution is 2.26. The van der Waals surface area contributed by atoms with Gasteiger partial charge < -0.3 is 25.0 Å². The van der Waals surface area contributed by atoms with E-state index < -0.39 is 35.5 Å². The molecular formula is C24H33N3O6. The lowest BCUT2D eigenvalue weighted by Gasteiger charge is -2.34. The van der Waals surface area contributed by atoms with E-state index in [0.717, 1.165) is 36.1 Å². The van der Waals surface area contributed by atoms with Crippen LogP contribution in [0, 0.1) is 5.41 Å². The molecule has 3 rings (SSSR count). The van der Waals surface area contributed by atoms with Crippen LogP contribution in [0.5, 0.6) is 0 Å². The van der Waals surface area contributed by atoms with E-state index in [2.05, 4.69) is 5.32 Å². The van der Waals surface area contributed by atoms with Crippen molar-refractivity contribution in [1.29, 1.82) is 0 Å². The van der Waals surface area contributed by atoms with Crippen molar-refractivity contribution in [2.75, 3.05) is 13.2 Å². The minimum Gasteiger partial charge on any atom is -0.480 e. The van der Waals surface area contributed by atoms with Crippen molar-refractivity contribution in [3.05, 3.63) is 35.9 Å². The fraction of sp³-hybridized carbons (Fsp3) is 0.583. The number of nitrogens with one attached hydrogen (secondary N) is 1. The monoisotopic (exact) mass is 459 g/mol. The molecule has 3 amide bonds. The SMILES string of the molecule is CC(C)(C)[C@H](NC(=O)OC1CCCC1)C(=O)N1CN(C(=O)Cc2ccccc2)C[C@H]1C(=O)O. The van der Waals surface area contributed by atoms with Gasteiger partial charge in [-0.1, -0.05) is 51.1 Å². The Hall–Kier alpha value is -3.10. The summed E-state index contributed by atoms with van der Waals surface area (Å²) in [4.78, 5) is 53.2. The molecule has 0 spiro atoms. The maximum absolute atomic E-state index is 13.5. The molecule has 180 valence electrons. The van der Waals surface area contributed by atoms with Crippen LogP contribution in [0.3, 0.4) is 0 Å². The van der Waals surface area contributed by atoms with Gasteiger partial charge in [0.2, 0.25) is 11.8 Å². The van der Waals surface area contributed by atoms with Crippen LogP contribution >= 0.6 is 0 Å². The van der Waals surface area contributed by atoms with Crippen LogP contribution < -0.4 is 5.32 Å². The van der Waals surface area contributed by atoms with Gasteiger partial charge in [-0.15, -0.1) is 0 Å². The number of benzene rings is 1. The first kappa shape index (κ1) is 24.5. The molecule has 0 unspecified atom stereocenters. The van der Waals surface area contributed by atoms with Crippen LogP contribution in [0.1, 0.15) is 52.0 Å². The predicted molar refractivity (Wildman–Crippen MR) is 120 cm³/mol. The van der Waals surface area contributed by atoms with E-state index in [1.165, 1.54) is 4.90 Å². The Morgan fingerprint density at radius 1 is 1.12 bits per heavy atom. The molecule has 1 saturated heterocycles.